The Morgan fingerprint density at radius 3 is 2.35 bits per heavy atom. The minimum atomic E-state index is -0.907. The molecule has 0 aromatic carbocycles. The van der Waals surface area contributed by atoms with Gasteiger partial charge in [0.1, 0.15) is 0 Å². The van der Waals surface area contributed by atoms with E-state index in [1.54, 1.807) is 27.8 Å². The number of amides is 1. The van der Waals surface area contributed by atoms with Gasteiger partial charge in [0, 0.05) is 20.0 Å². The number of nitrogens with zero attached hydrogens (tertiary/aromatic N) is 2. The van der Waals surface area contributed by atoms with Gasteiger partial charge >= 0.3 is 5.97 Å². The number of carboxylic acid groups (broad SMARTS) is 1. The summed E-state index contributed by atoms with van der Waals surface area (Å²) in [6.45, 7) is 5.62. The summed E-state index contributed by atoms with van der Waals surface area (Å²) in [6.07, 6.45) is 0.133. The van der Waals surface area contributed by atoms with Gasteiger partial charge in [0.25, 0.3) is 0 Å². The van der Waals surface area contributed by atoms with Crippen molar-refractivity contribution in [3.8, 4) is 6.07 Å². The summed E-state index contributed by atoms with van der Waals surface area (Å²) in [5.41, 5.74) is -0.562. The molecule has 1 unspecified atom stereocenters. The van der Waals surface area contributed by atoms with Gasteiger partial charge in [0.05, 0.1) is 18.4 Å². The highest BCUT2D eigenvalue weighted by atomic mass is 16.4. The highest BCUT2D eigenvalue weighted by Crippen LogP contribution is 2.25. The molecule has 0 spiro atoms. The maximum atomic E-state index is 11.8. The van der Waals surface area contributed by atoms with Gasteiger partial charge in [-0.2, -0.15) is 5.26 Å². The molecule has 1 atom stereocenters. The lowest BCUT2D eigenvalue weighted by molar-refractivity contribution is -0.140. The highest BCUT2D eigenvalue weighted by Gasteiger charge is 2.27. The number of hydrogen-bond donors (Lipinski definition) is 1. The van der Waals surface area contributed by atoms with Gasteiger partial charge in [-0.25, -0.2) is 0 Å². The molecule has 0 aromatic heterocycles. The van der Waals surface area contributed by atoms with Crippen molar-refractivity contribution in [2.75, 3.05) is 13.6 Å². The minimum absolute atomic E-state index is 0.0413. The minimum Gasteiger partial charge on any atom is -0.481 e. The van der Waals surface area contributed by atoms with Crippen molar-refractivity contribution in [1.82, 2.24) is 4.90 Å². The Balaban J connectivity index is 4.34. The molecule has 1 N–H and O–H groups in total. The lowest BCUT2D eigenvalue weighted by Crippen LogP contribution is -2.34. The average Bonchev–Trinajstić information content (AvgIpc) is 2.14. The van der Waals surface area contributed by atoms with E-state index in [0.29, 0.717) is 6.54 Å². The van der Waals surface area contributed by atoms with E-state index in [1.165, 1.54) is 4.90 Å². The largest absolute Gasteiger partial charge is 0.481 e. The molecule has 1 amide bonds. The first-order valence-corrected chi connectivity index (χ1v) is 5.53. The molecule has 0 heterocycles. The average molecular weight is 240 g/mol. The molecule has 0 rings (SSSR count). The fourth-order valence-electron chi connectivity index (χ4n) is 1.57. The summed E-state index contributed by atoms with van der Waals surface area (Å²) < 4.78 is 0. The maximum absolute atomic E-state index is 11.8. The zero-order valence-electron chi connectivity index (χ0n) is 10.9. The number of carboxylic acids is 1. The Kier molecular flexibility index (Phi) is 5.66. The first kappa shape index (κ1) is 15.4. The maximum Gasteiger partial charge on any atom is 0.303 e. The number of rotatable bonds is 6. The second-order valence-electron chi connectivity index (χ2n) is 5.22. The van der Waals surface area contributed by atoms with E-state index in [9.17, 15) is 9.59 Å². The lowest BCUT2D eigenvalue weighted by Gasteiger charge is -2.26. The second-order valence-corrected chi connectivity index (χ2v) is 5.22. The van der Waals surface area contributed by atoms with Crippen LogP contribution in [0, 0.1) is 22.7 Å². The monoisotopic (exact) mass is 240 g/mol. The number of carbonyl (C=O) groups excluding carboxylic acids is 1. The zero-order valence-corrected chi connectivity index (χ0v) is 10.9. The fourth-order valence-corrected chi connectivity index (χ4v) is 1.57. The first-order valence-electron chi connectivity index (χ1n) is 5.53. The molecule has 0 aromatic rings. The molecule has 0 aliphatic rings. The van der Waals surface area contributed by atoms with Crippen molar-refractivity contribution >= 4 is 11.9 Å². The molecule has 5 nitrogen and oxygen atoms in total. The summed E-state index contributed by atoms with van der Waals surface area (Å²) in [4.78, 5) is 23.9. The standard InChI is InChI=1S/C12H20N2O3/c1-9(7-13)8-14(4)10(15)5-12(2,3)6-11(16)17/h9H,5-6,8H2,1-4H3,(H,16,17). The van der Waals surface area contributed by atoms with Crippen LogP contribution < -0.4 is 0 Å². The van der Waals surface area contributed by atoms with E-state index >= 15 is 0 Å². The zero-order chi connectivity index (χ0) is 13.6. The molecule has 0 saturated carbocycles. The van der Waals surface area contributed by atoms with Gasteiger partial charge in [-0.05, 0) is 12.3 Å². The van der Waals surface area contributed by atoms with E-state index in [4.69, 9.17) is 10.4 Å². The van der Waals surface area contributed by atoms with Crippen LogP contribution in [-0.2, 0) is 9.59 Å². The third kappa shape index (κ3) is 6.56. The van der Waals surface area contributed by atoms with Gasteiger partial charge in [0.2, 0.25) is 5.91 Å². The summed E-state index contributed by atoms with van der Waals surface area (Å²) >= 11 is 0. The third-order valence-electron chi connectivity index (χ3n) is 2.45. The van der Waals surface area contributed by atoms with E-state index in [-0.39, 0.29) is 24.7 Å². The van der Waals surface area contributed by atoms with Crippen LogP contribution in [0.3, 0.4) is 0 Å². The Bertz CT molecular complexity index is 331. The van der Waals surface area contributed by atoms with Crippen LogP contribution in [0.2, 0.25) is 0 Å². The van der Waals surface area contributed by atoms with Gasteiger partial charge in [-0.15, -0.1) is 0 Å². The van der Waals surface area contributed by atoms with E-state index in [1.807, 2.05) is 0 Å². The summed E-state index contributed by atoms with van der Waals surface area (Å²) in [7, 11) is 1.63. The van der Waals surface area contributed by atoms with Crippen LogP contribution in [0.25, 0.3) is 0 Å². The van der Waals surface area contributed by atoms with Crippen LogP contribution >= 0.6 is 0 Å². The third-order valence-corrected chi connectivity index (χ3v) is 2.45. The number of aliphatic carboxylic acids is 1. The molecular weight excluding hydrogens is 220 g/mol. The number of carbonyl (C=O) groups is 2. The van der Waals surface area contributed by atoms with E-state index in [0.717, 1.165) is 0 Å². The summed E-state index contributed by atoms with van der Waals surface area (Å²) in [6, 6.07) is 2.06. The Morgan fingerprint density at radius 1 is 1.41 bits per heavy atom. The van der Waals surface area contributed by atoms with Gasteiger partial charge in [0.15, 0.2) is 0 Å². The SMILES string of the molecule is CC(C#N)CN(C)C(=O)CC(C)(C)CC(=O)O. The molecule has 0 aliphatic heterocycles. The van der Waals surface area contributed by atoms with Gasteiger partial charge in [-0.3, -0.25) is 9.59 Å². The van der Waals surface area contributed by atoms with Crippen LogP contribution in [0.15, 0.2) is 0 Å². The lowest BCUT2D eigenvalue weighted by atomic mass is 9.85. The van der Waals surface area contributed by atoms with Crippen molar-refractivity contribution in [2.24, 2.45) is 11.3 Å². The topological polar surface area (TPSA) is 81.4 Å². The van der Waals surface area contributed by atoms with E-state index in [2.05, 4.69) is 6.07 Å². The Hall–Kier alpha value is -1.57. The van der Waals surface area contributed by atoms with Crippen molar-refractivity contribution in [3.63, 3.8) is 0 Å². The predicted molar refractivity (Wildman–Crippen MR) is 63.1 cm³/mol. The van der Waals surface area contributed by atoms with Crippen molar-refractivity contribution < 1.29 is 14.7 Å². The molecule has 5 heteroatoms. The normalized spacial score (nSPS) is 12.6. The van der Waals surface area contributed by atoms with Gasteiger partial charge < -0.3 is 10.0 Å². The van der Waals surface area contributed by atoms with Crippen molar-refractivity contribution in [2.45, 2.75) is 33.6 Å². The second kappa shape index (κ2) is 6.24. The molecule has 0 radical (unpaired) electrons. The van der Waals surface area contributed by atoms with Crippen molar-refractivity contribution in [3.05, 3.63) is 0 Å². The quantitative estimate of drug-likeness (QED) is 0.762. The Labute approximate surface area is 102 Å². The Morgan fingerprint density at radius 2 is 1.94 bits per heavy atom. The molecule has 96 valence electrons. The smallest absolute Gasteiger partial charge is 0.303 e. The van der Waals surface area contributed by atoms with Crippen molar-refractivity contribution in [1.29, 1.82) is 5.26 Å². The molecule has 0 saturated heterocycles. The van der Waals surface area contributed by atoms with E-state index < -0.39 is 11.4 Å². The van der Waals surface area contributed by atoms with Crippen LogP contribution in [0.1, 0.15) is 33.6 Å². The van der Waals surface area contributed by atoms with Gasteiger partial charge in [-0.1, -0.05) is 13.8 Å². The molecule has 0 aliphatic carbocycles. The fraction of sp³-hybridized carbons (Fsp3) is 0.750. The molecule has 0 bridgehead atoms. The summed E-state index contributed by atoms with van der Waals surface area (Å²) in [5, 5.41) is 17.4. The molecular formula is C12H20N2O3. The van der Waals surface area contributed by atoms with Crippen LogP contribution in [-0.4, -0.2) is 35.5 Å². The first-order chi connectivity index (χ1) is 7.68. The molecule has 17 heavy (non-hydrogen) atoms. The molecule has 0 fully saturated rings. The number of nitriles is 1. The number of hydrogen-bond acceptors (Lipinski definition) is 3. The highest BCUT2D eigenvalue weighted by molar-refractivity contribution is 5.77. The summed E-state index contributed by atoms with van der Waals surface area (Å²) in [5.74, 6) is -1.25. The van der Waals surface area contributed by atoms with Crippen LogP contribution in [0.5, 0.6) is 0 Å². The predicted octanol–water partition coefficient (Wildman–Crippen LogP) is 1.50. The van der Waals surface area contributed by atoms with Crippen LogP contribution in [0.4, 0.5) is 0 Å².